The van der Waals surface area contributed by atoms with Crippen LogP contribution in [-0.2, 0) is 11.2 Å². The lowest BCUT2D eigenvalue weighted by molar-refractivity contribution is -0.117. The van der Waals surface area contributed by atoms with Crippen molar-refractivity contribution in [3.05, 3.63) is 28.0 Å². The van der Waals surface area contributed by atoms with Crippen LogP contribution in [0, 0.1) is 11.3 Å². The third-order valence-corrected chi connectivity index (χ3v) is 4.89. The van der Waals surface area contributed by atoms with Gasteiger partial charge in [-0.3, -0.25) is 4.79 Å². The Kier molecular flexibility index (Phi) is 5.37. The molecule has 0 bridgehead atoms. The van der Waals surface area contributed by atoms with Crippen molar-refractivity contribution in [2.75, 3.05) is 0 Å². The van der Waals surface area contributed by atoms with Crippen LogP contribution in [0.15, 0.2) is 18.2 Å². The van der Waals surface area contributed by atoms with Crippen molar-refractivity contribution < 1.29 is 4.79 Å². The molecule has 1 aliphatic carbocycles. The second kappa shape index (κ2) is 7.25. The lowest BCUT2D eigenvalue weighted by Crippen LogP contribution is -2.35. The minimum atomic E-state index is -0.139. The summed E-state index contributed by atoms with van der Waals surface area (Å²) in [5.41, 5.74) is 0.461. The first-order valence-electron chi connectivity index (χ1n) is 7.24. The Labute approximate surface area is 124 Å². The van der Waals surface area contributed by atoms with Crippen LogP contribution < -0.4 is 5.32 Å². The summed E-state index contributed by atoms with van der Waals surface area (Å²) in [6, 6.07) is 6.36. The molecular weight excluding hydrogens is 268 g/mol. The Balaban J connectivity index is 2.02. The standard InChI is InChI=1S/C16H20N2OS/c1-2-14-8-9-15(20-14)12(11-17)10-16(19)18-13-6-4-3-5-7-13/h8-10,13H,2-7H2,1H3,(H,18,19)/b12-10+. The number of nitriles is 1. The van der Waals surface area contributed by atoms with Gasteiger partial charge in [-0.05, 0) is 31.4 Å². The molecule has 0 aliphatic heterocycles. The molecule has 0 atom stereocenters. The van der Waals surface area contributed by atoms with E-state index in [1.807, 2.05) is 12.1 Å². The van der Waals surface area contributed by atoms with E-state index in [2.05, 4.69) is 18.3 Å². The molecule has 1 saturated carbocycles. The Morgan fingerprint density at radius 3 is 2.80 bits per heavy atom. The molecule has 1 aromatic heterocycles. The minimum absolute atomic E-state index is 0.139. The van der Waals surface area contributed by atoms with Crippen LogP contribution in [0.25, 0.3) is 5.57 Å². The van der Waals surface area contributed by atoms with E-state index in [0.717, 1.165) is 24.1 Å². The third-order valence-electron chi connectivity index (χ3n) is 3.62. The molecule has 106 valence electrons. The van der Waals surface area contributed by atoms with Crippen LogP contribution in [0.4, 0.5) is 0 Å². The Hall–Kier alpha value is -1.60. The molecule has 0 radical (unpaired) electrons. The zero-order valence-corrected chi connectivity index (χ0v) is 12.6. The van der Waals surface area contributed by atoms with Crippen molar-refractivity contribution in [3.8, 4) is 6.07 Å². The molecule has 1 heterocycles. The number of aryl methyl sites for hydroxylation is 1. The molecule has 0 aromatic carbocycles. The Morgan fingerprint density at radius 1 is 1.45 bits per heavy atom. The van der Waals surface area contributed by atoms with Crippen LogP contribution in [-0.4, -0.2) is 11.9 Å². The van der Waals surface area contributed by atoms with E-state index in [1.54, 1.807) is 11.3 Å². The van der Waals surface area contributed by atoms with Gasteiger partial charge in [0.2, 0.25) is 5.91 Å². The van der Waals surface area contributed by atoms with E-state index in [9.17, 15) is 10.1 Å². The quantitative estimate of drug-likeness (QED) is 0.679. The van der Waals surface area contributed by atoms with Gasteiger partial charge in [-0.2, -0.15) is 5.26 Å². The lowest BCUT2D eigenvalue weighted by Gasteiger charge is -2.21. The number of thiophene rings is 1. The molecule has 1 N–H and O–H groups in total. The molecule has 0 saturated heterocycles. The highest BCUT2D eigenvalue weighted by atomic mass is 32.1. The first-order valence-corrected chi connectivity index (χ1v) is 8.06. The number of carbonyl (C=O) groups excluding carboxylic acids is 1. The number of carbonyl (C=O) groups is 1. The predicted octanol–water partition coefficient (Wildman–Crippen LogP) is 3.67. The van der Waals surface area contributed by atoms with Gasteiger partial charge in [-0.15, -0.1) is 11.3 Å². The topological polar surface area (TPSA) is 52.9 Å². The van der Waals surface area contributed by atoms with E-state index < -0.39 is 0 Å². The largest absolute Gasteiger partial charge is 0.350 e. The van der Waals surface area contributed by atoms with Gasteiger partial charge in [-0.25, -0.2) is 0 Å². The molecule has 1 amide bonds. The first kappa shape index (κ1) is 14.8. The van der Waals surface area contributed by atoms with Gasteiger partial charge in [0, 0.05) is 21.9 Å². The Morgan fingerprint density at radius 2 is 2.20 bits per heavy atom. The monoisotopic (exact) mass is 288 g/mol. The highest BCUT2D eigenvalue weighted by Gasteiger charge is 2.15. The van der Waals surface area contributed by atoms with Crippen molar-refractivity contribution in [2.45, 2.75) is 51.5 Å². The van der Waals surface area contributed by atoms with Crippen LogP contribution in [0.2, 0.25) is 0 Å². The minimum Gasteiger partial charge on any atom is -0.350 e. The predicted molar refractivity (Wildman–Crippen MR) is 82.3 cm³/mol. The summed E-state index contributed by atoms with van der Waals surface area (Å²) in [5.74, 6) is -0.139. The van der Waals surface area contributed by atoms with Gasteiger partial charge in [0.05, 0.1) is 5.57 Å². The number of hydrogen-bond acceptors (Lipinski definition) is 3. The zero-order chi connectivity index (χ0) is 14.4. The van der Waals surface area contributed by atoms with E-state index in [-0.39, 0.29) is 11.9 Å². The summed E-state index contributed by atoms with van der Waals surface area (Å²) in [5, 5.41) is 12.2. The number of nitrogens with one attached hydrogen (secondary N) is 1. The first-order chi connectivity index (χ1) is 9.72. The molecule has 3 nitrogen and oxygen atoms in total. The molecule has 20 heavy (non-hydrogen) atoms. The number of allylic oxidation sites excluding steroid dienone is 1. The number of rotatable bonds is 4. The maximum Gasteiger partial charge on any atom is 0.245 e. The number of amides is 1. The summed E-state index contributed by atoms with van der Waals surface area (Å²) < 4.78 is 0. The summed E-state index contributed by atoms with van der Waals surface area (Å²) in [4.78, 5) is 14.1. The van der Waals surface area contributed by atoms with Gasteiger partial charge in [0.25, 0.3) is 0 Å². The van der Waals surface area contributed by atoms with Crippen molar-refractivity contribution >= 4 is 22.8 Å². The van der Waals surface area contributed by atoms with Crippen LogP contribution in [0.5, 0.6) is 0 Å². The summed E-state index contributed by atoms with van der Waals surface area (Å²) in [6.07, 6.45) is 8.15. The van der Waals surface area contributed by atoms with Gasteiger partial charge in [0.15, 0.2) is 0 Å². The van der Waals surface area contributed by atoms with E-state index in [0.29, 0.717) is 5.57 Å². The van der Waals surface area contributed by atoms with Gasteiger partial charge in [-0.1, -0.05) is 26.2 Å². The summed E-state index contributed by atoms with van der Waals surface area (Å²) in [6.45, 7) is 2.08. The lowest BCUT2D eigenvalue weighted by atomic mass is 9.95. The molecule has 1 aromatic rings. The number of nitrogens with zero attached hydrogens (tertiary/aromatic N) is 1. The highest BCUT2D eigenvalue weighted by molar-refractivity contribution is 7.13. The molecule has 4 heteroatoms. The highest BCUT2D eigenvalue weighted by Crippen LogP contribution is 2.24. The summed E-state index contributed by atoms with van der Waals surface area (Å²) in [7, 11) is 0. The Bertz CT molecular complexity index is 533. The molecule has 2 rings (SSSR count). The fraction of sp³-hybridized carbons (Fsp3) is 0.500. The van der Waals surface area contributed by atoms with E-state index in [4.69, 9.17) is 0 Å². The van der Waals surface area contributed by atoms with Crippen molar-refractivity contribution in [3.63, 3.8) is 0 Å². The van der Waals surface area contributed by atoms with Crippen molar-refractivity contribution in [2.24, 2.45) is 0 Å². The molecular formula is C16H20N2OS. The second-order valence-corrected chi connectivity index (χ2v) is 6.30. The van der Waals surface area contributed by atoms with Crippen LogP contribution >= 0.6 is 11.3 Å². The average molecular weight is 288 g/mol. The molecule has 0 unspecified atom stereocenters. The fourth-order valence-corrected chi connectivity index (χ4v) is 3.41. The third kappa shape index (κ3) is 3.94. The molecule has 1 fully saturated rings. The van der Waals surface area contributed by atoms with Crippen molar-refractivity contribution in [1.29, 1.82) is 5.26 Å². The van der Waals surface area contributed by atoms with Gasteiger partial charge < -0.3 is 5.32 Å². The van der Waals surface area contributed by atoms with Crippen LogP contribution in [0.3, 0.4) is 0 Å². The second-order valence-electron chi connectivity index (χ2n) is 5.13. The molecule has 0 spiro atoms. The van der Waals surface area contributed by atoms with Gasteiger partial charge in [0.1, 0.15) is 6.07 Å². The van der Waals surface area contributed by atoms with E-state index in [1.165, 1.54) is 30.2 Å². The maximum absolute atomic E-state index is 12.0. The molecule has 1 aliphatic rings. The van der Waals surface area contributed by atoms with Gasteiger partial charge >= 0.3 is 0 Å². The number of hydrogen-bond donors (Lipinski definition) is 1. The average Bonchev–Trinajstić information content (AvgIpc) is 2.94. The SMILES string of the molecule is CCc1ccc(/C(C#N)=C/C(=O)NC2CCCCC2)s1. The fourth-order valence-electron chi connectivity index (χ4n) is 2.49. The van der Waals surface area contributed by atoms with Crippen LogP contribution in [0.1, 0.15) is 48.8 Å². The maximum atomic E-state index is 12.0. The summed E-state index contributed by atoms with van der Waals surface area (Å²) >= 11 is 1.58. The van der Waals surface area contributed by atoms with Crippen molar-refractivity contribution in [1.82, 2.24) is 5.32 Å². The zero-order valence-electron chi connectivity index (χ0n) is 11.8. The normalized spacial score (nSPS) is 16.7. The smallest absolute Gasteiger partial charge is 0.245 e. The van der Waals surface area contributed by atoms with E-state index >= 15 is 0 Å².